The summed E-state index contributed by atoms with van der Waals surface area (Å²) in [5.74, 6) is 2.10. The summed E-state index contributed by atoms with van der Waals surface area (Å²) in [6.07, 6.45) is 12.6. The summed E-state index contributed by atoms with van der Waals surface area (Å²) < 4.78 is 15.1. The maximum atomic E-state index is 13.4. The van der Waals surface area contributed by atoms with Crippen LogP contribution in [0.15, 0.2) is 60.3 Å². The van der Waals surface area contributed by atoms with Gasteiger partial charge >= 0.3 is 0 Å². The third-order valence-corrected chi connectivity index (χ3v) is 8.31. The van der Waals surface area contributed by atoms with E-state index in [2.05, 4.69) is 47.5 Å². The SMILES string of the molecule is C=C(/C=C(/NCC1CCN(C(=C)C2CCCCC2)CC1)n1ncc(SF)c1C)c1ccccc1C. The minimum absolute atomic E-state index is 0.238. The molecule has 4 rings (SSSR count). The molecule has 2 aromatic rings. The summed E-state index contributed by atoms with van der Waals surface area (Å²) in [6.45, 7) is 15.8. The van der Waals surface area contributed by atoms with Gasteiger partial charge in [-0.1, -0.05) is 56.7 Å². The Balaban J connectivity index is 1.42. The van der Waals surface area contributed by atoms with Crippen molar-refractivity contribution in [2.24, 2.45) is 11.8 Å². The Morgan fingerprint density at radius 3 is 2.49 bits per heavy atom. The predicted molar refractivity (Wildman–Crippen MR) is 146 cm³/mol. The number of rotatable bonds is 9. The van der Waals surface area contributed by atoms with Gasteiger partial charge in [0.15, 0.2) is 0 Å². The molecular formula is C29H39FN4S. The van der Waals surface area contributed by atoms with E-state index in [0.29, 0.717) is 16.7 Å². The molecule has 0 unspecified atom stereocenters. The fourth-order valence-electron chi connectivity index (χ4n) is 5.44. The highest BCUT2D eigenvalue weighted by Gasteiger charge is 2.25. The Bertz CT molecular complexity index is 1060. The molecule has 2 aliphatic rings. The van der Waals surface area contributed by atoms with Crippen molar-refractivity contribution < 1.29 is 3.89 Å². The molecule has 2 fully saturated rings. The van der Waals surface area contributed by atoms with E-state index in [1.165, 1.54) is 43.4 Å². The smallest absolute Gasteiger partial charge is 0.128 e. The van der Waals surface area contributed by atoms with E-state index in [1.54, 1.807) is 10.9 Å². The van der Waals surface area contributed by atoms with E-state index >= 15 is 0 Å². The van der Waals surface area contributed by atoms with Crippen molar-refractivity contribution in [3.05, 3.63) is 72.2 Å². The van der Waals surface area contributed by atoms with Gasteiger partial charge in [-0.3, -0.25) is 0 Å². The molecule has 35 heavy (non-hydrogen) atoms. The number of hydrogen-bond donors (Lipinski definition) is 1. The molecule has 1 aliphatic carbocycles. The second kappa shape index (κ2) is 12.0. The maximum absolute atomic E-state index is 13.4. The zero-order valence-corrected chi connectivity index (χ0v) is 22.0. The zero-order valence-electron chi connectivity index (χ0n) is 21.2. The molecule has 1 saturated carbocycles. The number of piperidine rings is 1. The Kier molecular flexibility index (Phi) is 8.77. The molecule has 2 heterocycles. The van der Waals surface area contributed by atoms with Crippen LogP contribution >= 0.6 is 12.1 Å². The molecule has 1 aromatic carbocycles. The number of nitrogens with one attached hydrogen (secondary N) is 1. The van der Waals surface area contributed by atoms with Crippen LogP contribution in [0.1, 0.15) is 61.8 Å². The van der Waals surface area contributed by atoms with Crippen LogP contribution < -0.4 is 5.32 Å². The third kappa shape index (κ3) is 6.21. The molecule has 0 spiro atoms. The van der Waals surface area contributed by atoms with E-state index in [4.69, 9.17) is 0 Å². The highest BCUT2D eigenvalue weighted by atomic mass is 32.2. The molecule has 1 aromatic heterocycles. The van der Waals surface area contributed by atoms with Gasteiger partial charge in [-0.25, -0.2) is 4.68 Å². The van der Waals surface area contributed by atoms with Gasteiger partial charge in [-0.15, -0.1) is 0 Å². The first kappa shape index (κ1) is 25.6. The summed E-state index contributed by atoms with van der Waals surface area (Å²) in [5, 5.41) is 8.11. The minimum Gasteiger partial charge on any atom is -0.375 e. The number of halogens is 1. The monoisotopic (exact) mass is 494 g/mol. The van der Waals surface area contributed by atoms with Crippen LogP contribution in [0.25, 0.3) is 11.4 Å². The van der Waals surface area contributed by atoms with Crippen LogP contribution in [0.2, 0.25) is 0 Å². The Morgan fingerprint density at radius 1 is 1.11 bits per heavy atom. The van der Waals surface area contributed by atoms with Crippen LogP contribution in [-0.4, -0.2) is 34.3 Å². The molecular weight excluding hydrogens is 455 g/mol. The minimum atomic E-state index is 0.238. The molecule has 0 atom stereocenters. The molecule has 0 radical (unpaired) electrons. The molecule has 1 N–H and O–H groups in total. The van der Waals surface area contributed by atoms with Crippen LogP contribution in [0, 0.1) is 25.7 Å². The number of nitrogens with zero attached hydrogens (tertiary/aromatic N) is 3. The lowest BCUT2D eigenvalue weighted by atomic mass is 9.85. The number of aryl methyl sites for hydroxylation is 1. The van der Waals surface area contributed by atoms with Crippen molar-refractivity contribution in [1.29, 1.82) is 0 Å². The van der Waals surface area contributed by atoms with Gasteiger partial charge in [0.1, 0.15) is 5.82 Å². The van der Waals surface area contributed by atoms with Gasteiger partial charge in [0, 0.05) is 25.3 Å². The van der Waals surface area contributed by atoms with Gasteiger partial charge in [0.05, 0.1) is 28.9 Å². The highest BCUT2D eigenvalue weighted by Crippen LogP contribution is 2.33. The summed E-state index contributed by atoms with van der Waals surface area (Å²) in [7, 11) is 0. The van der Waals surface area contributed by atoms with Gasteiger partial charge in [0.25, 0.3) is 0 Å². The number of aromatic nitrogens is 2. The van der Waals surface area contributed by atoms with Crippen molar-refractivity contribution in [1.82, 2.24) is 20.0 Å². The van der Waals surface area contributed by atoms with Crippen molar-refractivity contribution in [3.63, 3.8) is 0 Å². The second-order valence-corrected chi connectivity index (χ2v) is 10.7. The highest BCUT2D eigenvalue weighted by molar-refractivity contribution is 7.94. The number of hydrogen-bond acceptors (Lipinski definition) is 4. The summed E-state index contributed by atoms with van der Waals surface area (Å²) in [6, 6.07) is 8.24. The fraction of sp³-hybridized carbons (Fsp3) is 0.483. The average Bonchev–Trinajstić information content (AvgIpc) is 3.27. The maximum Gasteiger partial charge on any atom is 0.128 e. The van der Waals surface area contributed by atoms with Crippen molar-refractivity contribution in [2.45, 2.75) is 63.7 Å². The average molecular weight is 495 g/mol. The van der Waals surface area contributed by atoms with E-state index in [0.717, 1.165) is 55.1 Å². The van der Waals surface area contributed by atoms with Crippen molar-refractivity contribution in [2.75, 3.05) is 19.6 Å². The lowest BCUT2D eigenvalue weighted by molar-refractivity contribution is 0.196. The van der Waals surface area contributed by atoms with Gasteiger partial charge in [-0.05, 0) is 74.1 Å². The van der Waals surface area contributed by atoms with Crippen LogP contribution in [0.5, 0.6) is 0 Å². The molecule has 4 nitrogen and oxygen atoms in total. The normalized spacial score (nSPS) is 18.0. The fourth-order valence-corrected chi connectivity index (χ4v) is 5.73. The van der Waals surface area contributed by atoms with Crippen LogP contribution in [-0.2, 0) is 0 Å². The van der Waals surface area contributed by atoms with Gasteiger partial charge in [-0.2, -0.15) is 8.98 Å². The summed E-state index contributed by atoms with van der Waals surface area (Å²) >= 11 is 0.238. The second-order valence-electron chi connectivity index (χ2n) is 10.1. The topological polar surface area (TPSA) is 33.1 Å². The van der Waals surface area contributed by atoms with E-state index < -0.39 is 0 Å². The molecule has 0 bridgehead atoms. The van der Waals surface area contributed by atoms with E-state index in [1.807, 2.05) is 25.1 Å². The lowest BCUT2D eigenvalue weighted by Crippen LogP contribution is -2.38. The van der Waals surface area contributed by atoms with Crippen molar-refractivity contribution >= 4 is 23.5 Å². The lowest BCUT2D eigenvalue weighted by Gasteiger charge is -2.38. The largest absolute Gasteiger partial charge is 0.375 e. The Labute approximate surface area is 214 Å². The van der Waals surface area contributed by atoms with E-state index in [-0.39, 0.29) is 12.1 Å². The first-order chi connectivity index (χ1) is 17.0. The molecule has 1 saturated heterocycles. The predicted octanol–water partition coefficient (Wildman–Crippen LogP) is 7.38. The van der Waals surface area contributed by atoms with Crippen molar-refractivity contribution in [3.8, 4) is 0 Å². The zero-order chi connectivity index (χ0) is 24.8. The van der Waals surface area contributed by atoms with Crippen LogP contribution in [0.4, 0.5) is 3.89 Å². The Hall–Kier alpha value is -2.47. The molecule has 0 amide bonds. The number of allylic oxidation sites excluding steroid dienone is 3. The molecule has 6 heteroatoms. The Morgan fingerprint density at radius 2 is 1.83 bits per heavy atom. The first-order valence-electron chi connectivity index (χ1n) is 13.0. The van der Waals surface area contributed by atoms with Crippen LogP contribution in [0.3, 0.4) is 0 Å². The first-order valence-corrected chi connectivity index (χ1v) is 13.7. The summed E-state index contributed by atoms with van der Waals surface area (Å²) in [5.41, 5.74) is 5.35. The summed E-state index contributed by atoms with van der Waals surface area (Å²) in [4.78, 5) is 3.07. The third-order valence-electron chi connectivity index (χ3n) is 7.75. The number of likely N-dealkylation sites (tertiary alicyclic amines) is 1. The van der Waals surface area contributed by atoms with E-state index in [9.17, 15) is 3.89 Å². The quantitative estimate of drug-likeness (QED) is 0.369. The standard InChI is InChI=1S/C29H39FN4S/c1-21-10-8-9-13-27(21)22(2)18-29(34-24(4)28(35-30)20-32-34)31-19-25-14-16-33(17-15-25)23(3)26-11-6-5-7-12-26/h8-10,13,18,20,25-26,31H,2-3,5-7,11-12,14-17,19H2,1,4H3/b29-18-. The number of benzene rings is 1. The van der Waals surface area contributed by atoms with Gasteiger partial charge < -0.3 is 10.2 Å². The van der Waals surface area contributed by atoms with Gasteiger partial charge in [0.2, 0.25) is 0 Å². The molecule has 1 aliphatic heterocycles. The molecule has 188 valence electrons.